The number of hydrogen-bond acceptors (Lipinski definition) is 11. The van der Waals surface area contributed by atoms with Crippen LogP contribution in [0.3, 0.4) is 0 Å². The van der Waals surface area contributed by atoms with Crippen molar-refractivity contribution >= 4 is 40.6 Å². The summed E-state index contributed by atoms with van der Waals surface area (Å²) in [4.78, 5) is 35.7. The second-order valence-electron chi connectivity index (χ2n) is 7.41. The lowest BCUT2D eigenvalue weighted by molar-refractivity contribution is -0.147. The van der Waals surface area contributed by atoms with E-state index in [-0.39, 0.29) is 11.7 Å². The van der Waals surface area contributed by atoms with Crippen LogP contribution in [-0.2, 0) is 19.1 Å². The number of anilines is 1. The van der Waals surface area contributed by atoms with Gasteiger partial charge in [0, 0.05) is 12.7 Å². The fourth-order valence-corrected chi connectivity index (χ4v) is 4.43. The first-order valence-electron chi connectivity index (χ1n) is 10.3. The van der Waals surface area contributed by atoms with E-state index in [2.05, 4.69) is 20.3 Å². The van der Waals surface area contributed by atoms with Gasteiger partial charge in [0.15, 0.2) is 17.7 Å². The largest absolute Gasteiger partial charge is 0.464 e. The number of imidazole rings is 1. The first-order valence-corrected chi connectivity index (χ1v) is 11.4. The molecule has 13 heteroatoms. The molecule has 0 saturated carbocycles. The molecule has 176 valence electrons. The summed E-state index contributed by atoms with van der Waals surface area (Å²) in [6.45, 7) is 3.53. The number of nitrogens with two attached hydrogens (primary N) is 1. The zero-order valence-corrected chi connectivity index (χ0v) is 18.7. The van der Waals surface area contributed by atoms with E-state index in [4.69, 9.17) is 15.2 Å². The van der Waals surface area contributed by atoms with Gasteiger partial charge >= 0.3 is 5.97 Å². The Morgan fingerprint density at radius 3 is 2.84 bits per heavy atom. The third kappa shape index (κ3) is 5.46. The number of fused-ring (bicyclic) bond motifs is 1. The van der Waals surface area contributed by atoms with Crippen LogP contribution in [0.2, 0.25) is 0 Å². The third-order valence-corrected chi connectivity index (χ3v) is 6.03. The third-order valence-electron chi connectivity index (χ3n) is 4.94. The predicted molar refractivity (Wildman–Crippen MR) is 116 cm³/mol. The van der Waals surface area contributed by atoms with Crippen LogP contribution in [0.4, 0.5) is 5.82 Å². The molecule has 0 radical (unpaired) electrons. The molecule has 2 aromatic heterocycles. The predicted octanol–water partition coefficient (Wildman–Crippen LogP) is -0.391. The number of nitrogens with one attached hydrogen (secondary N) is 1. The number of carbonyl (C=O) groups excluding carboxylic acids is 2. The van der Waals surface area contributed by atoms with Gasteiger partial charge in [0.05, 0.1) is 19.0 Å². The average molecular weight is 469 g/mol. The highest BCUT2D eigenvalue weighted by atomic mass is 32.2. The quantitative estimate of drug-likeness (QED) is 0.264. The van der Waals surface area contributed by atoms with Crippen LogP contribution in [0.1, 0.15) is 32.9 Å². The van der Waals surface area contributed by atoms with E-state index in [1.807, 2.05) is 6.92 Å². The minimum atomic E-state index is -1.19. The van der Waals surface area contributed by atoms with Crippen molar-refractivity contribution < 1.29 is 29.3 Å². The number of thioether (sulfide) groups is 1. The Labute approximate surface area is 188 Å². The number of aromatic nitrogens is 4. The van der Waals surface area contributed by atoms with Gasteiger partial charge in [-0.05, 0) is 18.6 Å². The molecular formula is C19H28N6O6S. The number of nitrogen functional groups attached to an aromatic ring is 1. The number of ether oxygens (including phenoxy) is 2. The number of hydrogen-bond donors (Lipinski definition) is 4. The molecule has 0 aliphatic carbocycles. The van der Waals surface area contributed by atoms with Crippen molar-refractivity contribution in [2.45, 2.75) is 57.3 Å². The molecule has 3 heterocycles. The topological polar surface area (TPSA) is 175 Å². The second kappa shape index (κ2) is 10.9. The molecule has 1 fully saturated rings. The SMILES string of the molecule is CCCOC(=O)[C@H](CCSC[C@H]1O[C@@H](n2cnc3c(N)ncnc32)[C@H](O)[C@@H]1O)NC(C)=O. The van der Waals surface area contributed by atoms with Crippen molar-refractivity contribution in [2.24, 2.45) is 0 Å². The van der Waals surface area contributed by atoms with Gasteiger partial charge < -0.3 is 30.7 Å². The highest BCUT2D eigenvalue weighted by Crippen LogP contribution is 2.33. The van der Waals surface area contributed by atoms with E-state index in [0.29, 0.717) is 42.1 Å². The minimum Gasteiger partial charge on any atom is -0.464 e. The van der Waals surface area contributed by atoms with Gasteiger partial charge in [-0.15, -0.1) is 0 Å². The molecule has 5 atom stereocenters. The van der Waals surface area contributed by atoms with Crippen LogP contribution < -0.4 is 11.1 Å². The van der Waals surface area contributed by atoms with Crippen molar-refractivity contribution in [1.82, 2.24) is 24.8 Å². The summed E-state index contributed by atoms with van der Waals surface area (Å²) in [5, 5.41) is 23.6. The number of rotatable bonds is 10. The smallest absolute Gasteiger partial charge is 0.328 e. The lowest BCUT2D eigenvalue weighted by Crippen LogP contribution is -2.41. The monoisotopic (exact) mass is 468 g/mol. The van der Waals surface area contributed by atoms with E-state index in [1.54, 1.807) is 0 Å². The van der Waals surface area contributed by atoms with Crippen molar-refractivity contribution in [3.05, 3.63) is 12.7 Å². The fourth-order valence-electron chi connectivity index (χ4n) is 3.35. The van der Waals surface area contributed by atoms with Gasteiger partial charge in [0.1, 0.15) is 30.1 Å². The van der Waals surface area contributed by atoms with Crippen LogP contribution in [0.25, 0.3) is 11.2 Å². The van der Waals surface area contributed by atoms with Crippen molar-refractivity contribution in [3.8, 4) is 0 Å². The Hall–Kier alpha value is -2.48. The summed E-state index contributed by atoms with van der Waals surface area (Å²) >= 11 is 1.43. The number of amides is 1. The molecule has 1 aliphatic heterocycles. The Morgan fingerprint density at radius 2 is 2.12 bits per heavy atom. The molecule has 12 nitrogen and oxygen atoms in total. The summed E-state index contributed by atoms with van der Waals surface area (Å²) < 4.78 is 12.5. The second-order valence-corrected chi connectivity index (χ2v) is 8.56. The van der Waals surface area contributed by atoms with Crippen LogP contribution in [0, 0.1) is 0 Å². The normalized spacial score (nSPS) is 23.9. The molecule has 1 aliphatic rings. The summed E-state index contributed by atoms with van der Waals surface area (Å²) in [6, 6.07) is -0.734. The van der Waals surface area contributed by atoms with E-state index in [0.717, 1.165) is 0 Å². The fraction of sp³-hybridized carbons (Fsp3) is 0.632. The molecule has 0 unspecified atom stereocenters. The van der Waals surface area contributed by atoms with Gasteiger partial charge in [0.2, 0.25) is 5.91 Å². The van der Waals surface area contributed by atoms with E-state index in [9.17, 15) is 19.8 Å². The van der Waals surface area contributed by atoms with Crippen LogP contribution in [-0.4, -0.2) is 84.1 Å². The molecule has 3 rings (SSSR count). The van der Waals surface area contributed by atoms with Crippen molar-refractivity contribution in [1.29, 1.82) is 0 Å². The summed E-state index contributed by atoms with van der Waals surface area (Å²) in [5.74, 6) is 0.307. The zero-order chi connectivity index (χ0) is 23.3. The van der Waals surface area contributed by atoms with Gasteiger partial charge in [-0.25, -0.2) is 19.7 Å². The standard InChI is InChI=1S/C19H28N6O6S/c1-3-5-30-19(29)11(24-10(2)26)4-6-32-7-12-14(27)15(28)18(31-12)25-9-23-13-16(20)21-8-22-17(13)25/h8-9,11-12,14-15,18,27-28H,3-7H2,1-2H3,(H,24,26)(H2,20,21,22)/t11-,12+,14+,15+,18+/m0/s1. The molecule has 0 spiro atoms. The van der Waals surface area contributed by atoms with E-state index >= 15 is 0 Å². The lowest BCUT2D eigenvalue weighted by atomic mass is 10.1. The first kappa shape index (κ1) is 24.2. The summed E-state index contributed by atoms with van der Waals surface area (Å²) in [6.07, 6.45) is -0.0595. The van der Waals surface area contributed by atoms with Crippen LogP contribution >= 0.6 is 11.8 Å². The maximum absolute atomic E-state index is 12.1. The van der Waals surface area contributed by atoms with Crippen LogP contribution in [0.5, 0.6) is 0 Å². The van der Waals surface area contributed by atoms with Gasteiger partial charge in [-0.3, -0.25) is 9.36 Å². The van der Waals surface area contributed by atoms with Gasteiger partial charge in [0.25, 0.3) is 0 Å². The maximum Gasteiger partial charge on any atom is 0.328 e. The minimum absolute atomic E-state index is 0.208. The average Bonchev–Trinajstić information content (AvgIpc) is 3.31. The molecule has 2 aromatic rings. The lowest BCUT2D eigenvalue weighted by Gasteiger charge is -2.18. The molecule has 0 aromatic carbocycles. The Bertz CT molecular complexity index is 942. The number of aliphatic hydroxyl groups is 2. The van der Waals surface area contributed by atoms with Crippen molar-refractivity contribution in [2.75, 3.05) is 23.8 Å². The molecular weight excluding hydrogens is 440 g/mol. The van der Waals surface area contributed by atoms with Gasteiger partial charge in [-0.2, -0.15) is 11.8 Å². The van der Waals surface area contributed by atoms with E-state index < -0.39 is 36.6 Å². The molecule has 1 amide bonds. The molecule has 32 heavy (non-hydrogen) atoms. The zero-order valence-electron chi connectivity index (χ0n) is 17.9. The Morgan fingerprint density at radius 1 is 1.34 bits per heavy atom. The molecule has 5 N–H and O–H groups in total. The summed E-state index contributed by atoms with van der Waals surface area (Å²) in [7, 11) is 0. The number of aliphatic hydroxyl groups excluding tert-OH is 2. The molecule has 1 saturated heterocycles. The number of nitrogens with zero attached hydrogens (tertiary/aromatic N) is 4. The van der Waals surface area contributed by atoms with Crippen LogP contribution in [0.15, 0.2) is 12.7 Å². The van der Waals surface area contributed by atoms with Crippen molar-refractivity contribution in [3.63, 3.8) is 0 Å². The van der Waals surface area contributed by atoms with Gasteiger partial charge in [-0.1, -0.05) is 6.92 Å². The Balaban J connectivity index is 1.55. The number of carbonyl (C=O) groups is 2. The first-order chi connectivity index (χ1) is 15.3. The highest BCUT2D eigenvalue weighted by molar-refractivity contribution is 7.99. The molecule has 0 bridgehead atoms. The Kier molecular flexibility index (Phi) is 8.23. The van der Waals surface area contributed by atoms with E-state index in [1.165, 1.54) is 35.9 Å². The number of esters is 1. The maximum atomic E-state index is 12.1. The highest BCUT2D eigenvalue weighted by Gasteiger charge is 2.44. The summed E-state index contributed by atoms with van der Waals surface area (Å²) in [5.41, 5.74) is 6.58.